The molecule has 3 unspecified atom stereocenters. The van der Waals surface area contributed by atoms with Crippen LogP contribution in [-0.2, 0) is 0 Å². The van der Waals surface area contributed by atoms with E-state index in [1.165, 1.54) is 24.3 Å². The molecule has 0 bridgehead atoms. The van der Waals surface area contributed by atoms with Crippen LogP contribution in [0.3, 0.4) is 0 Å². The quantitative estimate of drug-likeness (QED) is 0.927. The summed E-state index contributed by atoms with van der Waals surface area (Å²) in [5, 5.41) is 10.7. The van der Waals surface area contributed by atoms with Gasteiger partial charge in [0.25, 0.3) is 5.91 Å². The first kappa shape index (κ1) is 17.4. The molecule has 1 fully saturated rings. The van der Waals surface area contributed by atoms with E-state index in [1.54, 1.807) is 12.0 Å². The number of halogens is 1. The summed E-state index contributed by atoms with van der Waals surface area (Å²) in [5.74, 6) is 0.373. The van der Waals surface area contributed by atoms with E-state index >= 15 is 0 Å². The Balaban J connectivity index is 1.71. The highest BCUT2D eigenvalue weighted by molar-refractivity contribution is 5.94. The van der Waals surface area contributed by atoms with Crippen LogP contribution in [0.5, 0.6) is 5.75 Å². The van der Waals surface area contributed by atoms with Gasteiger partial charge in [0.05, 0.1) is 13.2 Å². The maximum absolute atomic E-state index is 13.0. The third-order valence-corrected chi connectivity index (χ3v) is 4.91. The molecule has 2 aromatic rings. The van der Waals surface area contributed by atoms with Gasteiger partial charge in [-0.25, -0.2) is 4.39 Å². The van der Waals surface area contributed by atoms with E-state index in [4.69, 9.17) is 4.74 Å². The zero-order valence-corrected chi connectivity index (χ0v) is 14.4. The van der Waals surface area contributed by atoms with Crippen LogP contribution in [-0.4, -0.2) is 36.1 Å². The van der Waals surface area contributed by atoms with Crippen molar-refractivity contribution in [1.29, 1.82) is 0 Å². The number of carbonyl (C=O) groups is 1. The summed E-state index contributed by atoms with van der Waals surface area (Å²) in [4.78, 5) is 14.3. The van der Waals surface area contributed by atoms with Gasteiger partial charge < -0.3 is 14.7 Å². The molecule has 3 atom stereocenters. The lowest BCUT2D eigenvalue weighted by molar-refractivity contribution is 0.0742. The number of amides is 1. The molecule has 0 radical (unpaired) electrons. The molecule has 132 valence electrons. The van der Waals surface area contributed by atoms with Gasteiger partial charge in [-0.3, -0.25) is 4.79 Å². The summed E-state index contributed by atoms with van der Waals surface area (Å²) in [7, 11) is 1.60. The molecule has 25 heavy (non-hydrogen) atoms. The van der Waals surface area contributed by atoms with E-state index in [9.17, 15) is 14.3 Å². The lowest BCUT2D eigenvalue weighted by atomic mass is 9.88. The fourth-order valence-electron chi connectivity index (χ4n) is 3.39. The summed E-state index contributed by atoms with van der Waals surface area (Å²) in [5.41, 5.74) is 1.28. The Morgan fingerprint density at radius 3 is 2.40 bits per heavy atom. The van der Waals surface area contributed by atoms with Crippen molar-refractivity contribution in [3.63, 3.8) is 0 Å². The van der Waals surface area contributed by atoms with Gasteiger partial charge in [0.15, 0.2) is 0 Å². The van der Waals surface area contributed by atoms with Gasteiger partial charge in [-0.05, 0) is 47.9 Å². The number of nitrogens with zero attached hydrogens (tertiary/aromatic N) is 1. The number of rotatable bonds is 4. The highest BCUT2D eigenvalue weighted by Gasteiger charge is 2.37. The van der Waals surface area contributed by atoms with Crippen LogP contribution in [0.2, 0.25) is 0 Å². The Hall–Kier alpha value is -2.40. The van der Waals surface area contributed by atoms with Crippen LogP contribution in [0.1, 0.15) is 28.9 Å². The molecule has 1 saturated heterocycles. The fourth-order valence-corrected chi connectivity index (χ4v) is 3.39. The maximum Gasteiger partial charge on any atom is 0.253 e. The molecular weight excluding hydrogens is 321 g/mol. The number of carbonyl (C=O) groups excluding carboxylic acids is 1. The number of likely N-dealkylation sites (tertiary alicyclic amines) is 1. The smallest absolute Gasteiger partial charge is 0.253 e. The van der Waals surface area contributed by atoms with Crippen LogP contribution in [0.15, 0.2) is 48.5 Å². The monoisotopic (exact) mass is 343 g/mol. The van der Waals surface area contributed by atoms with Crippen molar-refractivity contribution in [2.45, 2.75) is 13.0 Å². The Morgan fingerprint density at radius 2 is 1.80 bits per heavy atom. The number of aliphatic hydroxyl groups excluding tert-OH is 1. The van der Waals surface area contributed by atoms with Crippen molar-refractivity contribution in [3.8, 4) is 5.75 Å². The van der Waals surface area contributed by atoms with Crippen LogP contribution in [0.25, 0.3) is 0 Å². The molecule has 4 nitrogen and oxygen atoms in total. The van der Waals surface area contributed by atoms with Gasteiger partial charge in [-0.1, -0.05) is 19.1 Å². The number of hydrogen-bond acceptors (Lipinski definition) is 3. The average molecular weight is 343 g/mol. The van der Waals surface area contributed by atoms with E-state index in [0.717, 1.165) is 11.3 Å². The minimum atomic E-state index is -0.646. The molecule has 2 aromatic carbocycles. The molecule has 1 amide bonds. The van der Waals surface area contributed by atoms with E-state index in [-0.39, 0.29) is 23.6 Å². The second-order valence-corrected chi connectivity index (χ2v) is 6.58. The topological polar surface area (TPSA) is 49.8 Å². The second-order valence-electron chi connectivity index (χ2n) is 6.58. The molecule has 0 aromatic heterocycles. The largest absolute Gasteiger partial charge is 0.497 e. The lowest BCUT2D eigenvalue weighted by Crippen LogP contribution is -2.29. The first-order chi connectivity index (χ1) is 12.0. The van der Waals surface area contributed by atoms with E-state index in [1.807, 2.05) is 31.2 Å². The highest BCUT2D eigenvalue weighted by atomic mass is 19.1. The highest BCUT2D eigenvalue weighted by Crippen LogP contribution is 2.35. The molecule has 0 saturated carbocycles. The number of ether oxygens (including phenoxy) is 1. The number of methoxy groups -OCH3 is 1. The van der Waals surface area contributed by atoms with Crippen molar-refractivity contribution in [3.05, 3.63) is 65.5 Å². The van der Waals surface area contributed by atoms with Crippen LogP contribution in [0, 0.1) is 17.7 Å². The standard InChI is InChI=1S/C20H22FNO3/c1-13-11-22(20(24)15-3-7-16(21)8-4-15)12-18(13)19(23)14-5-9-17(25-2)10-6-14/h3-10,13,18-19,23H,11-12H2,1-2H3. The minimum absolute atomic E-state index is 0.0437. The van der Waals surface area contributed by atoms with Crippen molar-refractivity contribution in [2.24, 2.45) is 11.8 Å². The molecule has 0 spiro atoms. The Bertz CT molecular complexity index is 730. The minimum Gasteiger partial charge on any atom is -0.497 e. The zero-order valence-electron chi connectivity index (χ0n) is 14.4. The third kappa shape index (κ3) is 3.66. The Labute approximate surface area is 146 Å². The van der Waals surface area contributed by atoms with Gasteiger partial charge in [-0.2, -0.15) is 0 Å². The predicted octanol–water partition coefficient (Wildman–Crippen LogP) is 3.28. The van der Waals surface area contributed by atoms with Crippen LogP contribution < -0.4 is 4.74 Å². The zero-order chi connectivity index (χ0) is 18.0. The molecule has 5 heteroatoms. The summed E-state index contributed by atoms with van der Waals surface area (Å²) in [6.07, 6.45) is -0.646. The molecule has 1 aliphatic heterocycles. The molecule has 3 rings (SSSR count). The molecule has 1 N–H and O–H groups in total. The van der Waals surface area contributed by atoms with Crippen molar-refractivity contribution < 1.29 is 19.0 Å². The molecule has 0 aliphatic carbocycles. The average Bonchev–Trinajstić information content (AvgIpc) is 3.03. The first-order valence-corrected chi connectivity index (χ1v) is 8.36. The molecule has 1 heterocycles. The van der Waals surface area contributed by atoms with E-state index < -0.39 is 6.10 Å². The van der Waals surface area contributed by atoms with Crippen molar-refractivity contribution >= 4 is 5.91 Å². The maximum atomic E-state index is 13.0. The van der Waals surface area contributed by atoms with Gasteiger partial charge in [0.1, 0.15) is 11.6 Å². The van der Waals surface area contributed by atoms with Crippen molar-refractivity contribution in [1.82, 2.24) is 4.90 Å². The summed E-state index contributed by atoms with van der Waals surface area (Å²) in [6.45, 7) is 3.09. The molecule has 1 aliphatic rings. The SMILES string of the molecule is COc1ccc(C(O)C2CN(C(=O)c3ccc(F)cc3)CC2C)cc1. The predicted molar refractivity (Wildman–Crippen MR) is 92.9 cm³/mol. The first-order valence-electron chi connectivity index (χ1n) is 8.36. The third-order valence-electron chi connectivity index (χ3n) is 4.91. The Morgan fingerprint density at radius 1 is 1.16 bits per heavy atom. The van der Waals surface area contributed by atoms with Gasteiger partial charge in [-0.15, -0.1) is 0 Å². The summed E-state index contributed by atoms with van der Waals surface area (Å²) in [6, 6.07) is 12.9. The van der Waals surface area contributed by atoms with Gasteiger partial charge >= 0.3 is 0 Å². The van der Waals surface area contributed by atoms with Gasteiger partial charge in [0, 0.05) is 24.6 Å². The number of aliphatic hydroxyl groups is 1. The Kier molecular flexibility index (Phi) is 5.04. The number of benzene rings is 2. The second kappa shape index (κ2) is 7.23. The van der Waals surface area contributed by atoms with Crippen LogP contribution >= 0.6 is 0 Å². The summed E-state index contributed by atoms with van der Waals surface area (Å²) >= 11 is 0. The van der Waals surface area contributed by atoms with Gasteiger partial charge in [0.2, 0.25) is 0 Å². The van der Waals surface area contributed by atoms with E-state index in [0.29, 0.717) is 18.7 Å². The fraction of sp³-hybridized carbons (Fsp3) is 0.350. The lowest BCUT2D eigenvalue weighted by Gasteiger charge is -2.22. The molecular formula is C20H22FNO3. The van der Waals surface area contributed by atoms with Crippen LogP contribution in [0.4, 0.5) is 4.39 Å². The number of hydrogen-bond donors (Lipinski definition) is 1. The van der Waals surface area contributed by atoms with Crippen molar-refractivity contribution in [2.75, 3.05) is 20.2 Å². The normalized spacial score (nSPS) is 21.2. The van der Waals surface area contributed by atoms with E-state index in [2.05, 4.69) is 0 Å². The summed E-state index contributed by atoms with van der Waals surface area (Å²) < 4.78 is 18.2.